The second-order valence-electron chi connectivity index (χ2n) is 4.82. The van der Waals surface area contributed by atoms with Gasteiger partial charge in [0.25, 0.3) is 0 Å². The van der Waals surface area contributed by atoms with Crippen molar-refractivity contribution in [2.24, 2.45) is 11.7 Å². The number of unbranched alkanes of at least 4 members (excludes halogenated alkanes) is 2. The molecule has 0 aromatic carbocycles. The number of hydrogen-bond donors (Lipinski definition) is 2. The predicted molar refractivity (Wildman–Crippen MR) is 63.8 cm³/mol. The molecule has 0 aromatic heterocycles. The number of nitrogens with zero attached hydrogens (tertiary/aromatic N) is 1. The molecule has 0 aliphatic carbocycles. The largest absolute Gasteiger partial charge is 0.396 e. The van der Waals surface area contributed by atoms with Gasteiger partial charge in [-0.1, -0.05) is 0 Å². The van der Waals surface area contributed by atoms with Crippen LogP contribution in [0.2, 0.25) is 0 Å². The van der Waals surface area contributed by atoms with Gasteiger partial charge in [0, 0.05) is 12.6 Å². The maximum atomic E-state index is 8.67. The molecule has 1 rings (SSSR count). The van der Waals surface area contributed by atoms with Crippen LogP contribution in [0.3, 0.4) is 0 Å². The Hall–Kier alpha value is -0.120. The van der Waals surface area contributed by atoms with E-state index in [0.717, 1.165) is 18.8 Å². The summed E-state index contributed by atoms with van der Waals surface area (Å²) in [5.74, 6) is 0.735. The van der Waals surface area contributed by atoms with Crippen LogP contribution in [-0.4, -0.2) is 42.3 Å². The summed E-state index contributed by atoms with van der Waals surface area (Å²) in [6, 6.07) is 0.363. The Morgan fingerprint density at radius 1 is 1.27 bits per heavy atom. The minimum absolute atomic E-state index is 0.340. The van der Waals surface area contributed by atoms with E-state index in [0.29, 0.717) is 12.6 Å². The molecule has 1 heterocycles. The van der Waals surface area contributed by atoms with Crippen LogP contribution in [0, 0.1) is 5.92 Å². The summed E-state index contributed by atoms with van der Waals surface area (Å²) in [5, 5.41) is 8.67. The maximum Gasteiger partial charge on any atom is 0.0431 e. The van der Waals surface area contributed by atoms with Gasteiger partial charge in [-0.15, -0.1) is 0 Å². The molecule has 0 aromatic rings. The first-order valence-electron chi connectivity index (χ1n) is 6.33. The van der Waals surface area contributed by atoms with Gasteiger partial charge in [-0.3, -0.25) is 0 Å². The first kappa shape index (κ1) is 12.9. The van der Waals surface area contributed by atoms with E-state index in [1.54, 1.807) is 0 Å². The van der Waals surface area contributed by atoms with Crippen molar-refractivity contribution in [1.29, 1.82) is 0 Å². The first-order chi connectivity index (χ1) is 7.24. The smallest absolute Gasteiger partial charge is 0.0431 e. The van der Waals surface area contributed by atoms with Gasteiger partial charge in [0.15, 0.2) is 0 Å². The fraction of sp³-hybridized carbons (Fsp3) is 1.00. The summed E-state index contributed by atoms with van der Waals surface area (Å²) in [7, 11) is 0. The number of aliphatic hydroxyl groups excluding tert-OH is 1. The Labute approximate surface area is 93.6 Å². The van der Waals surface area contributed by atoms with Gasteiger partial charge in [-0.05, 0) is 64.6 Å². The molecule has 15 heavy (non-hydrogen) atoms. The zero-order valence-corrected chi connectivity index (χ0v) is 9.99. The molecule has 3 nitrogen and oxygen atoms in total. The Morgan fingerprint density at radius 3 is 2.47 bits per heavy atom. The molecule has 0 saturated carbocycles. The Bertz CT molecular complexity index is 154. The lowest BCUT2D eigenvalue weighted by Gasteiger charge is -2.33. The molecule has 1 saturated heterocycles. The lowest BCUT2D eigenvalue weighted by Crippen LogP contribution is -2.40. The Balaban J connectivity index is 2.04. The van der Waals surface area contributed by atoms with Gasteiger partial charge in [-0.2, -0.15) is 0 Å². The van der Waals surface area contributed by atoms with E-state index in [1.807, 2.05) is 0 Å². The van der Waals surface area contributed by atoms with Crippen molar-refractivity contribution in [2.45, 2.75) is 45.1 Å². The maximum absolute atomic E-state index is 8.67. The summed E-state index contributed by atoms with van der Waals surface area (Å²) in [5.41, 5.74) is 5.91. The lowest BCUT2D eigenvalue weighted by atomic mass is 9.91. The lowest BCUT2D eigenvalue weighted by molar-refractivity contribution is 0.168. The van der Waals surface area contributed by atoms with E-state index in [-0.39, 0.29) is 0 Å². The molecule has 0 amide bonds. The van der Waals surface area contributed by atoms with E-state index >= 15 is 0 Å². The molecular weight excluding hydrogens is 188 g/mol. The Kier molecular flexibility index (Phi) is 6.22. The second kappa shape index (κ2) is 7.20. The highest BCUT2D eigenvalue weighted by molar-refractivity contribution is 4.77. The van der Waals surface area contributed by atoms with Crippen LogP contribution in [0.5, 0.6) is 0 Å². The summed E-state index contributed by atoms with van der Waals surface area (Å²) in [6.45, 7) is 6.09. The number of hydrogen-bond acceptors (Lipinski definition) is 3. The van der Waals surface area contributed by atoms with Crippen LogP contribution >= 0.6 is 0 Å². The number of rotatable bonds is 6. The Morgan fingerprint density at radius 2 is 1.93 bits per heavy atom. The van der Waals surface area contributed by atoms with Crippen molar-refractivity contribution in [2.75, 3.05) is 26.2 Å². The topological polar surface area (TPSA) is 49.5 Å². The minimum atomic E-state index is 0.340. The normalized spacial score (nSPS) is 21.8. The third kappa shape index (κ3) is 4.96. The summed E-state index contributed by atoms with van der Waals surface area (Å²) in [4.78, 5) is 2.54. The fourth-order valence-corrected chi connectivity index (χ4v) is 2.33. The number of aliphatic hydroxyl groups is 1. The number of likely N-dealkylation sites (tertiary alicyclic amines) is 1. The summed E-state index contributed by atoms with van der Waals surface area (Å²) >= 11 is 0. The molecule has 90 valence electrons. The highest BCUT2D eigenvalue weighted by atomic mass is 16.2. The van der Waals surface area contributed by atoms with Gasteiger partial charge >= 0.3 is 0 Å². The van der Waals surface area contributed by atoms with Crippen LogP contribution in [0.1, 0.15) is 39.0 Å². The highest BCUT2D eigenvalue weighted by Crippen LogP contribution is 2.19. The van der Waals surface area contributed by atoms with Crippen molar-refractivity contribution in [3.8, 4) is 0 Å². The molecule has 1 unspecified atom stereocenters. The molecular formula is C12H26N2O. The zero-order valence-electron chi connectivity index (χ0n) is 9.99. The van der Waals surface area contributed by atoms with E-state index < -0.39 is 0 Å². The molecule has 0 spiro atoms. The number of piperidine rings is 1. The van der Waals surface area contributed by atoms with E-state index in [2.05, 4.69) is 11.8 Å². The van der Waals surface area contributed by atoms with E-state index in [4.69, 9.17) is 10.8 Å². The molecule has 1 aliphatic heterocycles. The van der Waals surface area contributed by atoms with E-state index in [9.17, 15) is 0 Å². The minimum Gasteiger partial charge on any atom is -0.396 e. The third-order valence-electron chi connectivity index (χ3n) is 3.51. The van der Waals surface area contributed by atoms with Crippen molar-refractivity contribution >= 4 is 0 Å². The van der Waals surface area contributed by atoms with Gasteiger partial charge < -0.3 is 15.7 Å². The van der Waals surface area contributed by atoms with Crippen LogP contribution in [0.15, 0.2) is 0 Å². The highest BCUT2D eigenvalue weighted by Gasteiger charge is 2.21. The van der Waals surface area contributed by atoms with Gasteiger partial charge in [-0.25, -0.2) is 0 Å². The molecule has 3 N–H and O–H groups in total. The van der Waals surface area contributed by atoms with Gasteiger partial charge in [0.1, 0.15) is 0 Å². The second-order valence-corrected chi connectivity index (χ2v) is 4.82. The van der Waals surface area contributed by atoms with Gasteiger partial charge in [0.05, 0.1) is 0 Å². The standard InChI is InChI=1S/C12H26N2O/c1-11(13)12-5-8-14(9-6-12)7-3-2-4-10-15/h11-12,15H,2-10,13H2,1H3. The zero-order chi connectivity index (χ0) is 11.1. The quantitative estimate of drug-likeness (QED) is 0.653. The fourth-order valence-electron chi connectivity index (χ4n) is 2.33. The molecule has 0 radical (unpaired) electrons. The monoisotopic (exact) mass is 214 g/mol. The van der Waals surface area contributed by atoms with Gasteiger partial charge in [0.2, 0.25) is 0 Å². The van der Waals surface area contributed by atoms with Crippen LogP contribution in [0.4, 0.5) is 0 Å². The summed E-state index contributed by atoms with van der Waals surface area (Å²) < 4.78 is 0. The number of nitrogens with two attached hydrogens (primary N) is 1. The van der Waals surface area contributed by atoms with Crippen LogP contribution in [-0.2, 0) is 0 Å². The predicted octanol–water partition coefficient (Wildman–Crippen LogP) is 1.21. The van der Waals surface area contributed by atoms with Crippen molar-refractivity contribution in [1.82, 2.24) is 4.90 Å². The van der Waals surface area contributed by atoms with Crippen molar-refractivity contribution in [3.63, 3.8) is 0 Å². The first-order valence-corrected chi connectivity index (χ1v) is 6.33. The van der Waals surface area contributed by atoms with Crippen LogP contribution < -0.4 is 5.73 Å². The summed E-state index contributed by atoms with van der Waals surface area (Å²) in [6.07, 6.45) is 5.86. The SMILES string of the molecule is CC(N)C1CCN(CCCCCO)CC1. The molecule has 0 bridgehead atoms. The van der Waals surface area contributed by atoms with Crippen LogP contribution in [0.25, 0.3) is 0 Å². The van der Waals surface area contributed by atoms with Crippen molar-refractivity contribution in [3.05, 3.63) is 0 Å². The third-order valence-corrected chi connectivity index (χ3v) is 3.51. The molecule has 1 atom stereocenters. The average Bonchev–Trinajstić information content (AvgIpc) is 2.25. The average molecular weight is 214 g/mol. The molecule has 1 aliphatic rings. The van der Waals surface area contributed by atoms with Crippen molar-refractivity contribution < 1.29 is 5.11 Å². The molecule has 1 fully saturated rings. The van der Waals surface area contributed by atoms with E-state index in [1.165, 1.54) is 38.9 Å². The molecule has 3 heteroatoms.